The van der Waals surface area contributed by atoms with E-state index in [1.54, 1.807) is 0 Å². The van der Waals surface area contributed by atoms with E-state index < -0.39 is 0 Å². The minimum Gasteiger partial charge on any atom is -0.308 e. The van der Waals surface area contributed by atoms with Crippen LogP contribution in [0.15, 0.2) is 24.3 Å². The Kier molecular flexibility index (Phi) is 6.26. The van der Waals surface area contributed by atoms with Crippen LogP contribution in [0.2, 0.25) is 0 Å². The lowest BCUT2D eigenvalue weighted by Crippen LogP contribution is -2.29. The minimum atomic E-state index is 0.236. The van der Waals surface area contributed by atoms with Gasteiger partial charge in [-0.25, -0.2) is 0 Å². The van der Waals surface area contributed by atoms with Crippen LogP contribution in [-0.2, 0) is 5.41 Å². The summed E-state index contributed by atoms with van der Waals surface area (Å²) >= 11 is 0. The molecule has 0 saturated carbocycles. The Labute approximate surface area is 126 Å². The van der Waals surface area contributed by atoms with Crippen molar-refractivity contribution in [3.05, 3.63) is 35.4 Å². The molecule has 2 atom stereocenters. The lowest BCUT2D eigenvalue weighted by atomic mass is 9.86. The van der Waals surface area contributed by atoms with Gasteiger partial charge in [-0.1, -0.05) is 58.9 Å². The summed E-state index contributed by atoms with van der Waals surface area (Å²) in [5.74, 6) is 0.792. The Balaban J connectivity index is 2.57. The van der Waals surface area contributed by atoms with Crippen LogP contribution in [0, 0.1) is 5.92 Å². The SMILES string of the molecule is CC(C)CCC(C)NC(C)c1ccc(C(C)(C)C)cc1. The zero-order chi connectivity index (χ0) is 15.3. The molecule has 1 nitrogen and oxygen atoms in total. The zero-order valence-corrected chi connectivity index (χ0v) is 14.5. The van der Waals surface area contributed by atoms with Gasteiger partial charge >= 0.3 is 0 Å². The molecule has 0 aliphatic heterocycles. The fourth-order valence-corrected chi connectivity index (χ4v) is 2.46. The Hall–Kier alpha value is -0.820. The Morgan fingerprint density at radius 2 is 1.45 bits per heavy atom. The van der Waals surface area contributed by atoms with Crippen molar-refractivity contribution >= 4 is 0 Å². The molecular weight excluding hydrogens is 242 g/mol. The van der Waals surface area contributed by atoms with Crippen molar-refractivity contribution < 1.29 is 0 Å². The predicted molar refractivity (Wildman–Crippen MR) is 90.2 cm³/mol. The molecule has 0 saturated heterocycles. The molecular formula is C19H33N. The smallest absolute Gasteiger partial charge is 0.0294 e. The molecule has 1 aromatic rings. The monoisotopic (exact) mass is 275 g/mol. The Bertz CT molecular complexity index is 383. The third kappa shape index (κ3) is 5.66. The topological polar surface area (TPSA) is 12.0 Å². The van der Waals surface area contributed by atoms with E-state index >= 15 is 0 Å². The maximum Gasteiger partial charge on any atom is 0.0294 e. The van der Waals surface area contributed by atoms with Crippen molar-refractivity contribution in [2.45, 2.75) is 78.8 Å². The number of nitrogens with one attached hydrogen (secondary N) is 1. The Morgan fingerprint density at radius 3 is 1.90 bits per heavy atom. The molecule has 114 valence electrons. The summed E-state index contributed by atoms with van der Waals surface area (Å²) in [7, 11) is 0. The van der Waals surface area contributed by atoms with Crippen molar-refractivity contribution in [2.24, 2.45) is 5.92 Å². The third-order valence-electron chi connectivity index (χ3n) is 3.99. The van der Waals surface area contributed by atoms with Crippen molar-refractivity contribution in [1.29, 1.82) is 0 Å². The lowest BCUT2D eigenvalue weighted by Gasteiger charge is -2.23. The van der Waals surface area contributed by atoms with Gasteiger partial charge in [0, 0.05) is 12.1 Å². The van der Waals surface area contributed by atoms with Crippen LogP contribution in [0.25, 0.3) is 0 Å². The second-order valence-electron chi connectivity index (χ2n) is 7.63. The molecule has 0 heterocycles. The van der Waals surface area contributed by atoms with Crippen LogP contribution >= 0.6 is 0 Å². The van der Waals surface area contributed by atoms with Crippen molar-refractivity contribution in [3.63, 3.8) is 0 Å². The van der Waals surface area contributed by atoms with Gasteiger partial charge in [0.25, 0.3) is 0 Å². The van der Waals surface area contributed by atoms with Gasteiger partial charge in [-0.3, -0.25) is 0 Å². The average Bonchev–Trinajstić information content (AvgIpc) is 2.35. The fraction of sp³-hybridized carbons (Fsp3) is 0.684. The van der Waals surface area contributed by atoms with Crippen LogP contribution in [0.5, 0.6) is 0 Å². The van der Waals surface area contributed by atoms with Gasteiger partial charge in [0.1, 0.15) is 0 Å². The number of benzene rings is 1. The largest absolute Gasteiger partial charge is 0.308 e. The maximum atomic E-state index is 3.71. The first kappa shape index (κ1) is 17.2. The van der Waals surface area contributed by atoms with Crippen molar-refractivity contribution in [3.8, 4) is 0 Å². The fourth-order valence-electron chi connectivity index (χ4n) is 2.46. The van der Waals surface area contributed by atoms with E-state index in [2.05, 4.69) is 78.0 Å². The highest BCUT2D eigenvalue weighted by molar-refractivity contribution is 5.29. The summed E-state index contributed by atoms with van der Waals surface area (Å²) in [6.07, 6.45) is 2.55. The number of hydrogen-bond donors (Lipinski definition) is 1. The summed E-state index contributed by atoms with van der Waals surface area (Å²) < 4.78 is 0. The van der Waals surface area contributed by atoms with Gasteiger partial charge in [0.15, 0.2) is 0 Å². The predicted octanol–water partition coefficient (Wildman–Crippen LogP) is 5.46. The molecule has 0 aliphatic rings. The summed E-state index contributed by atoms with van der Waals surface area (Å²) in [6.45, 7) is 15.9. The molecule has 0 aromatic heterocycles. The molecule has 20 heavy (non-hydrogen) atoms. The van der Waals surface area contributed by atoms with E-state index in [1.165, 1.54) is 24.0 Å². The summed E-state index contributed by atoms with van der Waals surface area (Å²) in [5.41, 5.74) is 3.02. The van der Waals surface area contributed by atoms with Crippen LogP contribution in [0.4, 0.5) is 0 Å². The quantitative estimate of drug-likeness (QED) is 0.727. The number of rotatable bonds is 6. The summed E-state index contributed by atoms with van der Waals surface area (Å²) in [4.78, 5) is 0. The summed E-state index contributed by atoms with van der Waals surface area (Å²) in [6, 6.07) is 10.1. The minimum absolute atomic E-state index is 0.236. The van der Waals surface area contributed by atoms with E-state index in [0.717, 1.165) is 5.92 Å². The molecule has 1 heteroatoms. The first-order valence-electron chi connectivity index (χ1n) is 8.06. The highest BCUT2D eigenvalue weighted by Crippen LogP contribution is 2.24. The van der Waals surface area contributed by atoms with E-state index in [0.29, 0.717) is 12.1 Å². The van der Waals surface area contributed by atoms with Gasteiger partial charge in [-0.2, -0.15) is 0 Å². The van der Waals surface area contributed by atoms with Gasteiger partial charge in [-0.05, 0) is 49.1 Å². The van der Waals surface area contributed by atoms with Crippen molar-refractivity contribution in [2.75, 3.05) is 0 Å². The molecule has 0 bridgehead atoms. The molecule has 1 N–H and O–H groups in total. The second-order valence-corrected chi connectivity index (χ2v) is 7.63. The van der Waals surface area contributed by atoms with Crippen LogP contribution in [0.1, 0.15) is 78.5 Å². The second kappa shape index (κ2) is 7.26. The first-order valence-corrected chi connectivity index (χ1v) is 8.06. The van der Waals surface area contributed by atoms with Crippen LogP contribution in [0.3, 0.4) is 0 Å². The van der Waals surface area contributed by atoms with Gasteiger partial charge in [-0.15, -0.1) is 0 Å². The van der Waals surface area contributed by atoms with E-state index in [1.807, 2.05) is 0 Å². The normalized spacial score (nSPS) is 15.4. The molecule has 0 aliphatic carbocycles. The highest BCUT2D eigenvalue weighted by Gasteiger charge is 2.14. The molecule has 0 amide bonds. The summed E-state index contributed by atoms with van der Waals surface area (Å²) in [5, 5.41) is 3.71. The average molecular weight is 275 g/mol. The zero-order valence-electron chi connectivity index (χ0n) is 14.5. The third-order valence-corrected chi connectivity index (χ3v) is 3.99. The van der Waals surface area contributed by atoms with E-state index in [4.69, 9.17) is 0 Å². The number of hydrogen-bond acceptors (Lipinski definition) is 1. The van der Waals surface area contributed by atoms with E-state index in [9.17, 15) is 0 Å². The maximum absolute atomic E-state index is 3.71. The van der Waals surface area contributed by atoms with Gasteiger partial charge < -0.3 is 5.32 Å². The molecule has 0 radical (unpaired) electrons. The molecule has 0 spiro atoms. The van der Waals surface area contributed by atoms with Crippen LogP contribution < -0.4 is 5.32 Å². The standard InChI is InChI=1S/C19H33N/c1-14(2)8-9-15(3)20-16(4)17-10-12-18(13-11-17)19(5,6)7/h10-16,20H,8-9H2,1-7H3. The molecule has 2 unspecified atom stereocenters. The molecule has 1 aromatic carbocycles. The van der Waals surface area contributed by atoms with Gasteiger partial charge in [0.2, 0.25) is 0 Å². The van der Waals surface area contributed by atoms with E-state index in [-0.39, 0.29) is 5.41 Å². The first-order chi connectivity index (χ1) is 9.20. The van der Waals surface area contributed by atoms with Gasteiger partial charge in [0.05, 0.1) is 0 Å². The lowest BCUT2D eigenvalue weighted by molar-refractivity contribution is 0.417. The highest BCUT2D eigenvalue weighted by atomic mass is 14.9. The van der Waals surface area contributed by atoms with Crippen LogP contribution in [-0.4, -0.2) is 6.04 Å². The molecule has 0 fully saturated rings. The Morgan fingerprint density at radius 1 is 0.900 bits per heavy atom. The van der Waals surface area contributed by atoms with Crippen molar-refractivity contribution in [1.82, 2.24) is 5.32 Å². The molecule has 1 rings (SSSR count).